The number of carbonyl (C=O) groups excluding carboxylic acids is 1. The van der Waals surface area contributed by atoms with E-state index in [1.807, 2.05) is 0 Å². The van der Waals surface area contributed by atoms with Gasteiger partial charge in [-0.2, -0.15) is 11.8 Å². The second-order valence-electron chi connectivity index (χ2n) is 7.29. The number of carbonyl (C=O) groups is 1. The standard InChI is InChI=1S/C19H23F2N3O3S/c20-17-14(22-8-11-1-4-27-9-11)7-13-16(18(17)21)19(25)24-15(23-13)10-28-12-2-5-26-6-3-12/h7,11-12,16H,1-6,8-10H2,(H,23,24,25)/t11-,16?/m0/s1. The molecule has 1 aliphatic carbocycles. The molecule has 6 nitrogen and oxygen atoms in total. The average molecular weight is 411 g/mol. The van der Waals surface area contributed by atoms with Crippen molar-refractivity contribution in [3.8, 4) is 0 Å². The lowest BCUT2D eigenvalue weighted by atomic mass is 9.94. The van der Waals surface area contributed by atoms with Crippen LogP contribution in [-0.2, 0) is 14.3 Å². The molecule has 1 amide bonds. The van der Waals surface area contributed by atoms with Gasteiger partial charge in [0.05, 0.1) is 23.8 Å². The number of nitrogens with one attached hydrogen (secondary N) is 1. The Morgan fingerprint density at radius 3 is 2.75 bits per heavy atom. The molecule has 0 spiro atoms. The molecule has 0 aromatic rings. The summed E-state index contributed by atoms with van der Waals surface area (Å²) in [5.74, 6) is -2.90. The number of hydrogen-bond acceptors (Lipinski definition) is 6. The van der Waals surface area contributed by atoms with Crippen LogP contribution in [-0.4, -0.2) is 61.4 Å². The van der Waals surface area contributed by atoms with Crippen molar-refractivity contribution in [1.82, 2.24) is 5.32 Å². The van der Waals surface area contributed by atoms with E-state index in [0.29, 0.717) is 36.6 Å². The minimum atomic E-state index is -1.33. The number of hydrogen-bond donors (Lipinski definition) is 1. The normalized spacial score (nSPS) is 30.2. The number of nitrogens with zero attached hydrogens (tertiary/aromatic N) is 2. The Morgan fingerprint density at radius 2 is 2.00 bits per heavy atom. The van der Waals surface area contributed by atoms with Gasteiger partial charge in [-0.3, -0.25) is 9.79 Å². The van der Waals surface area contributed by atoms with Crippen LogP contribution in [0.2, 0.25) is 0 Å². The number of rotatable bonds is 5. The van der Waals surface area contributed by atoms with Gasteiger partial charge in [-0.05, 0) is 25.3 Å². The zero-order chi connectivity index (χ0) is 19.5. The minimum absolute atomic E-state index is 0.0782. The van der Waals surface area contributed by atoms with Crippen molar-refractivity contribution in [2.24, 2.45) is 21.8 Å². The van der Waals surface area contributed by atoms with Crippen molar-refractivity contribution in [3.05, 3.63) is 23.4 Å². The van der Waals surface area contributed by atoms with E-state index in [4.69, 9.17) is 9.47 Å². The summed E-state index contributed by atoms with van der Waals surface area (Å²) in [7, 11) is 0. The lowest BCUT2D eigenvalue weighted by Gasteiger charge is -2.27. The largest absolute Gasteiger partial charge is 0.381 e. The molecule has 2 atom stereocenters. The van der Waals surface area contributed by atoms with Gasteiger partial charge in [-0.25, -0.2) is 13.8 Å². The van der Waals surface area contributed by atoms with Crippen LogP contribution >= 0.6 is 11.8 Å². The second kappa shape index (κ2) is 8.84. The molecule has 2 fully saturated rings. The van der Waals surface area contributed by atoms with Crippen LogP contribution in [0.1, 0.15) is 19.3 Å². The fraction of sp³-hybridized carbons (Fsp3) is 0.632. The number of fused-ring (bicyclic) bond motifs is 1. The fourth-order valence-electron chi connectivity index (χ4n) is 3.59. The zero-order valence-corrected chi connectivity index (χ0v) is 16.3. The molecule has 3 heterocycles. The number of allylic oxidation sites excluding steroid dienone is 2. The Kier molecular flexibility index (Phi) is 6.22. The molecular weight excluding hydrogens is 388 g/mol. The third-order valence-electron chi connectivity index (χ3n) is 5.23. The zero-order valence-electron chi connectivity index (χ0n) is 15.5. The Labute approximate surface area is 166 Å². The van der Waals surface area contributed by atoms with Crippen LogP contribution in [0.3, 0.4) is 0 Å². The highest BCUT2D eigenvalue weighted by Gasteiger charge is 2.39. The van der Waals surface area contributed by atoms with Crippen molar-refractivity contribution in [2.45, 2.75) is 24.5 Å². The molecule has 0 bridgehead atoms. The fourth-order valence-corrected chi connectivity index (χ4v) is 4.64. The molecule has 0 saturated carbocycles. The number of amidine groups is 1. The Morgan fingerprint density at radius 1 is 1.21 bits per heavy atom. The molecule has 4 rings (SSSR count). The summed E-state index contributed by atoms with van der Waals surface area (Å²) >= 11 is 1.70. The van der Waals surface area contributed by atoms with Crippen molar-refractivity contribution in [2.75, 3.05) is 38.7 Å². The molecule has 3 aliphatic heterocycles. The van der Waals surface area contributed by atoms with Crippen molar-refractivity contribution < 1.29 is 23.0 Å². The molecule has 9 heteroatoms. The van der Waals surface area contributed by atoms with Gasteiger partial charge in [0, 0.05) is 37.5 Å². The van der Waals surface area contributed by atoms with E-state index in [0.717, 1.165) is 32.5 Å². The van der Waals surface area contributed by atoms with Gasteiger partial charge in [0.15, 0.2) is 11.7 Å². The number of amides is 1. The molecule has 152 valence electrons. The topological polar surface area (TPSA) is 72.3 Å². The van der Waals surface area contributed by atoms with Crippen molar-refractivity contribution in [1.29, 1.82) is 0 Å². The van der Waals surface area contributed by atoms with Crippen LogP contribution in [0.15, 0.2) is 33.4 Å². The van der Waals surface area contributed by atoms with E-state index in [9.17, 15) is 13.6 Å². The van der Waals surface area contributed by atoms with Crippen LogP contribution < -0.4 is 5.32 Å². The lowest BCUT2D eigenvalue weighted by Crippen LogP contribution is -2.43. The molecule has 0 aromatic carbocycles. The molecule has 4 aliphatic rings. The van der Waals surface area contributed by atoms with E-state index in [-0.39, 0.29) is 17.3 Å². The van der Waals surface area contributed by atoms with E-state index in [1.165, 1.54) is 6.08 Å². The van der Waals surface area contributed by atoms with E-state index in [2.05, 4.69) is 15.3 Å². The van der Waals surface area contributed by atoms with Gasteiger partial charge in [-0.15, -0.1) is 0 Å². The first kappa shape index (κ1) is 19.7. The summed E-state index contributed by atoms with van der Waals surface area (Å²) in [6.07, 6.45) is 4.18. The van der Waals surface area contributed by atoms with Crippen LogP contribution in [0.4, 0.5) is 8.78 Å². The van der Waals surface area contributed by atoms with Gasteiger partial charge in [0.1, 0.15) is 11.8 Å². The molecule has 28 heavy (non-hydrogen) atoms. The van der Waals surface area contributed by atoms with Crippen molar-refractivity contribution >= 4 is 29.2 Å². The third-order valence-corrected chi connectivity index (χ3v) is 6.61. The first-order chi connectivity index (χ1) is 13.6. The second-order valence-corrected chi connectivity index (χ2v) is 8.58. The average Bonchev–Trinajstić information content (AvgIpc) is 3.22. The van der Waals surface area contributed by atoms with Gasteiger partial charge in [-0.1, -0.05) is 0 Å². The highest BCUT2D eigenvalue weighted by atomic mass is 32.2. The highest BCUT2D eigenvalue weighted by Crippen LogP contribution is 2.34. The van der Waals surface area contributed by atoms with E-state index < -0.39 is 23.5 Å². The third kappa shape index (κ3) is 4.36. The van der Waals surface area contributed by atoms with Crippen molar-refractivity contribution in [3.63, 3.8) is 0 Å². The van der Waals surface area contributed by atoms with Gasteiger partial charge < -0.3 is 14.8 Å². The van der Waals surface area contributed by atoms with Gasteiger partial charge in [0.2, 0.25) is 5.91 Å². The predicted octanol–water partition coefficient (Wildman–Crippen LogP) is 2.57. The SMILES string of the molecule is O=C1NC(CSC2CCOCC2)=NC2=CC(=NC[C@@H]3CCOC3)C(F)=C(F)C12. The monoisotopic (exact) mass is 411 g/mol. The number of halogens is 2. The smallest absolute Gasteiger partial charge is 0.241 e. The molecule has 1 N–H and O–H groups in total. The Hall–Kier alpha value is -1.58. The maximum Gasteiger partial charge on any atom is 0.241 e. The Balaban J connectivity index is 1.49. The summed E-state index contributed by atoms with van der Waals surface area (Å²) in [5, 5.41) is 3.07. The van der Waals surface area contributed by atoms with E-state index in [1.54, 1.807) is 11.8 Å². The van der Waals surface area contributed by atoms with Crippen LogP contribution in [0.5, 0.6) is 0 Å². The lowest BCUT2D eigenvalue weighted by molar-refractivity contribution is -0.122. The van der Waals surface area contributed by atoms with Gasteiger partial charge in [0.25, 0.3) is 0 Å². The summed E-state index contributed by atoms with van der Waals surface area (Å²) in [6, 6.07) is 0. The molecule has 0 radical (unpaired) electrons. The quantitative estimate of drug-likeness (QED) is 0.755. The summed E-state index contributed by atoms with van der Waals surface area (Å²) in [6.45, 7) is 3.10. The Bertz CT molecular complexity index is 754. The first-order valence-corrected chi connectivity index (χ1v) is 10.6. The maximum absolute atomic E-state index is 14.5. The molecule has 1 unspecified atom stereocenters. The number of thioether (sulfide) groups is 1. The van der Waals surface area contributed by atoms with Crippen LogP contribution in [0.25, 0.3) is 0 Å². The molecule has 0 aromatic heterocycles. The van der Waals surface area contributed by atoms with E-state index >= 15 is 0 Å². The van der Waals surface area contributed by atoms with Crippen LogP contribution in [0, 0.1) is 11.8 Å². The minimum Gasteiger partial charge on any atom is -0.381 e. The first-order valence-electron chi connectivity index (χ1n) is 9.59. The summed E-state index contributed by atoms with van der Waals surface area (Å²) in [5.41, 5.74) is 0.136. The summed E-state index contributed by atoms with van der Waals surface area (Å²) < 4.78 is 39.6. The maximum atomic E-state index is 14.5. The number of aliphatic imine (C=N–C) groups is 2. The number of ether oxygens (including phenoxy) is 2. The van der Waals surface area contributed by atoms with Gasteiger partial charge >= 0.3 is 0 Å². The molecule has 2 saturated heterocycles. The molecular formula is C19H23F2N3O3S. The highest BCUT2D eigenvalue weighted by molar-refractivity contribution is 8.00. The predicted molar refractivity (Wildman–Crippen MR) is 104 cm³/mol. The summed E-state index contributed by atoms with van der Waals surface area (Å²) in [4.78, 5) is 21.0.